The zero-order chi connectivity index (χ0) is 8.27. The van der Waals surface area contributed by atoms with Gasteiger partial charge in [-0.05, 0) is 12.8 Å². The molecular formula is C7H13F2NO. The van der Waals surface area contributed by atoms with Gasteiger partial charge in [0.15, 0.2) is 0 Å². The molecule has 0 aromatic heterocycles. The lowest BCUT2D eigenvalue weighted by Gasteiger charge is -2.27. The molecule has 0 heterocycles. The number of aliphatic hydroxyl groups excluding tert-OH is 1. The first-order valence-corrected chi connectivity index (χ1v) is 3.89. The number of halogens is 2. The molecule has 0 amide bonds. The highest BCUT2D eigenvalue weighted by Gasteiger charge is 2.21. The van der Waals surface area contributed by atoms with E-state index >= 15 is 0 Å². The molecule has 4 heteroatoms. The summed E-state index contributed by atoms with van der Waals surface area (Å²) < 4.78 is 23.4. The fourth-order valence-electron chi connectivity index (χ4n) is 0.989. The summed E-state index contributed by atoms with van der Waals surface area (Å²) in [6.07, 6.45) is -0.855. The number of nitrogens with one attached hydrogen (secondary N) is 1. The van der Waals surface area contributed by atoms with Crippen molar-refractivity contribution in [3.63, 3.8) is 0 Å². The third-order valence-corrected chi connectivity index (χ3v) is 2.01. The van der Waals surface area contributed by atoms with Crippen LogP contribution in [0.5, 0.6) is 0 Å². The Morgan fingerprint density at radius 1 is 1.45 bits per heavy atom. The average molecular weight is 165 g/mol. The monoisotopic (exact) mass is 165 g/mol. The van der Waals surface area contributed by atoms with Gasteiger partial charge in [0.05, 0.1) is 0 Å². The SMILES string of the molecule is OC(CNC1CCC1)C(F)F. The van der Waals surface area contributed by atoms with Gasteiger partial charge in [-0.15, -0.1) is 0 Å². The van der Waals surface area contributed by atoms with Gasteiger partial charge in [-0.1, -0.05) is 6.42 Å². The van der Waals surface area contributed by atoms with Crippen molar-refractivity contribution in [2.24, 2.45) is 0 Å². The molecule has 66 valence electrons. The molecule has 1 aliphatic carbocycles. The summed E-state index contributed by atoms with van der Waals surface area (Å²) in [5, 5.41) is 11.6. The molecule has 1 aliphatic rings. The maximum atomic E-state index is 11.7. The Bertz CT molecular complexity index is 117. The van der Waals surface area contributed by atoms with Gasteiger partial charge in [0.25, 0.3) is 6.43 Å². The molecule has 2 N–H and O–H groups in total. The lowest BCUT2D eigenvalue weighted by Crippen LogP contribution is -2.41. The number of hydrogen-bond donors (Lipinski definition) is 2. The van der Waals surface area contributed by atoms with Gasteiger partial charge >= 0.3 is 0 Å². The molecule has 0 bridgehead atoms. The third kappa shape index (κ3) is 2.71. The summed E-state index contributed by atoms with van der Waals surface area (Å²) >= 11 is 0. The average Bonchev–Trinajstić information content (AvgIpc) is 1.83. The zero-order valence-electron chi connectivity index (χ0n) is 6.26. The van der Waals surface area contributed by atoms with E-state index in [2.05, 4.69) is 5.32 Å². The molecule has 2 nitrogen and oxygen atoms in total. The minimum Gasteiger partial charge on any atom is -0.386 e. The van der Waals surface area contributed by atoms with Crippen molar-refractivity contribution in [3.05, 3.63) is 0 Å². The summed E-state index contributed by atoms with van der Waals surface area (Å²) in [6, 6.07) is 0.364. The number of rotatable bonds is 4. The smallest absolute Gasteiger partial charge is 0.265 e. The van der Waals surface area contributed by atoms with E-state index < -0.39 is 12.5 Å². The molecule has 0 aliphatic heterocycles. The van der Waals surface area contributed by atoms with E-state index in [9.17, 15) is 8.78 Å². The van der Waals surface area contributed by atoms with Crippen LogP contribution in [0.25, 0.3) is 0 Å². The Kier molecular flexibility index (Phi) is 3.20. The minimum absolute atomic E-state index is 0.0162. The van der Waals surface area contributed by atoms with Crippen LogP contribution in [0.3, 0.4) is 0 Å². The topological polar surface area (TPSA) is 32.3 Å². The van der Waals surface area contributed by atoms with Gasteiger partial charge in [-0.25, -0.2) is 8.78 Å². The maximum absolute atomic E-state index is 11.7. The second-order valence-corrected chi connectivity index (χ2v) is 2.94. The van der Waals surface area contributed by atoms with Crippen LogP contribution in [0.15, 0.2) is 0 Å². The molecule has 1 rings (SSSR count). The predicted molar refractivity (Wildman–Crippen MR) is 37.7 cm³/mol. The molecule has 0 spiro atoms. The fraction of sp³-hybridized carbons (Fsp3) is 1.00. The third-order valence-electron chi connectivity index (χ3n) is 2.01. The van der Waals surface area contributed by atoms with Gasteiger partial charge in [-0.2, -0.15) is 0 Å². The summed E-state index contributed by atoms with van der Waals surface area (Å²) in [6.45, 7) is 0.0162. The van der Waals surface area contributed by atoms with E-state index in [4.69, 9.17) is 5.11 Å². The van der Waals surface area contributed by atoms with Crippen LogP contribution in [0.1, 0.15) is 19.3 Å². The van der Waals surface area contributed by atoms with Gasteiger partial charge in [-0.3, -0.25) is 0 Å². The highest BCUT2D eigenvalue weighted by molar-refractivity contribution is 4.77. The van der Waals surface area contributed by atoms with Crippen LogP contribution in [0, 0.1) is 0 Å². The van der Waals surface area contributed by atoms with Crippen molar-refractivity contribution in [1.82, 2.24) is 5.32 Å². The highest BCUT2D eigenvalue weighted by atomic mass is 19.3. The summed E-state index contributed by atoms with van der Waals surface area (Å²) in [7, 11) is 0. The van der Waals surface area contributed by atoms with Crippen molar-refractivity contribution in [3.8, 4) is 0 Å². The van der Waals surface area contributed by atoms with E-state index in [-0.39, 0.29) is 6.54 Å². The molecule has 0 radical (unpaired) electrons. The van der Waals surface area contributed by atoms with Crippen molar-refractivity contribution < 1.29 is 13.9 Å². The minimum atomic E-state index is -2.62. The fourth-order valence-corrected chi connectivity index (χ4v) is 0.989. The molecule has 0 saturated heterocycles. The van der Waals surface area contributed by atoms with Gasteiger partial charge < -0.3 is 10.4 Å². The predicted octanol–water partition coefficient (Wildman–Crippen LogP) is 0.754. The first kappa shape index (κ1) is 8.87. The Labute approximate surface area is 64.6 Å². The second kappa shape index (κ2) is 3.97. The van der Waals surface area contributed by atoms with Gasteiger partial charge in [0.2, 0.25) is 0 Å². The van der Waals surface area contributed by atoms with Crippen LogP contribution in [0.2, 0.25) is 0 Å². The number of aliphatic hydroxyl groups is 1. The molecule has 1 saturated carbocycles. The molecule has 0 aromatic rings. The molecule has 11 heavy (non-hydrogen) atoms. The van der Waals surface area contributed by atoms with Gasteiger partial charge in [0, 0.05) is 12.6 Å². The highest BCUT2D eigenvalue weighted by Crippen LogP contribution is 2.17. The normalized spacial score (nSPS) is 21.8. The van der Waals surface area contributed by atoms with E-state index in [0.29, 0.717) is 6.04 Å². The molecule has 1 unspecified atom stereocenters. The van der Waals surface area contributed by atoms with Crippen LogP contribution in [-0.4, -0.2) is 30.2 Å². The quantitative estimate of drug-likeness (QED) is 0.644. The van der Waals surface area contributed by atoms with Crippen molar-refractivity contribution >= 4 is 0 Å². The Morgan fingerprint density at radius 2 is 2.09 bits per heavy atom. The summed E-state index contributed by atoms with van der Waals surface area (Å²) in [4.78, 5) is 0. The Hall–Kier alpha value is -0.220. The van der Waals surface area contributed by atoms with E-state index in [1.54, 1.807) is 0 Å². The lowest BCUT2D eigenvalue weighted by atomic mass is 9.93. The van der Waals surface area contributed by atoms with Crippen LogP contribution >= 0.6 is 0 Å². The zero-order valence-corrected chi connectivity index (χ0v) is 6.26. The van der Waals surface area contributed by atoms with Crippen molar-refractivity contribution in [1.29, 1.82) is 0 Å². The Morgan fingerprint density at radius 3 is 2.45 bits per heavy atom. The van der Waals surface area contributed by atoms with Crippen LogP contribution in [0.4, 0.5) is 8.78 Å². The van der Waals surface area contributed by atoms with Crippen molar-refractivity contribution in [2.75, 3.05) is 6.54 Å². The van der Waals surface area contributed by atoms with Gasteiger partial charge in [0.1, 0.15) is 6.10 Å². The molecule has 1 atom stereocenters. The number of hydrogen-bond acceptors (Lipinski definition) is 2. The number of alkyl halides is 2. The molecule has 1 fully saturated rings. The maximum Gasteiger partial charge on any atom is 0.265 e. The first-order valence-electron chi connectivity index (χ1n) is 3.89. The van der Waals surface area contributed by atoms with E-state index in [0.717, 1.165) is 12.8 Å². The lowest BCUT2D eigenvalue weighted by molar-refractivity contribution is -0.00591. The molecular weight excluding hydrogens is 152 g/mol. The summed E-state index contributed by atoms with van der Waals surface area (Å²) in [5.41, 5.74) is 0. The second-order valence-electron chi connectivity index (χ2n) is 2.94. The largest absolute Gasteiger partial charge is 0.386 e. The van der Waals surface area contributed by atoms with E-state index in [1.807, 2.05) is 0 Å². The standard InChI is InChI=1S/C7H13F2NO/c8-7(9)6(11)4-10-5-2-1-3-5/h5-7,10-11H,1-4H2. The first-order chi connectivity index (χ1) is 5.20. The van der Waals surface area contributed by atoms with Crippen LogP contribution in [-0.2, 0) is 0 Å². The van der Waals surface area contributed by atoms with Crippen LogP contribution < -0.4 is 5.32 Å². The molecule has 0 aromatic carbocycles. The van der Waals surface area contributed by atoms with Crippen molar-refractivity contribution in [2.45, 2.75) is 37.8 Å². The van der Waals surface area contributed by atoms with E-state index in [1.165, 1.54) is 6.42 Å². The summed E-state index contributed by atoms with van der Waals surface area (Å²) in [5.74, 6) is 0. The Balaban J connectivity index is 2.01.